The van der Waals surface area contributed by atoms with Crippen LogP contribution in [0.2, 0.25) is 10.0 Å². The number of carboxylic acid groups (broad SMARTS) is 1. The van der Waals surface area contributed by atoms with Crippen molar-refractivity contribution in [2.75, 3.05) is 5.32 Å². The highest BCUT2D eigenvalue weighted by Crippen LogP contribution is 2.48. The monoisotopic (exact) mass is 405 g/mol. The van der Waals surface area contributed by atoms with Crippen LogP contribution in [0.15, 0.2) is 42.6 Å². The lowest BCUT2D eigenvalue weighted by Gasteiger charge is -2.23. The number of nitrogens with zero attached hydrogens (tertiary/aromatic N) is 2. The molecule has 1 saturated carbocycles. The van der Waals surface area contributed by atoms with Gasteiger partial charge < -0.3 is 10.4 Å². The molecule has 1 amide bonds. The first-order chi connectivity index (χ1) is 12.9. The van der Waals surface area contributed by atoms with Crippen LogP contribution in [0.25, 0.3) is 0 Å². The van der Waals surface area contributed by atoms with Gasteiger partial charge >= 0.3 is 5.97 Å². The predicted octanol–water partition coefficient (Wildman–Crippen LogP) is 3.70. The van der Waals surface area contributed by atoms with Crippen molar-refractivity contribution >= 4 is 40.9 Å². The van der Waals surface area contributed by atoms with Crippen molar-refractivity contribution in [2.45, 2.75) is 13.0 Å². The molecular weight excluding hydrogens is 389 g/mol. The molecule has 0 unspecified atom stereocenters. The van der Waals surface area contributed by atoms with Crippen molar-refractivity contribution in [3.63, 3.8) is 0 Å². The summed E-state index contributed by atoms with van der Waals surface area (Å²) in [4.78, 5) is 24.3. The van der Waals surface area contributed by atoms with E-state index in [-0.39, 0.29) is 23.6 Å². The third-order valence-electron chi connectivity index (χ3n) is 5.30. The third-order valence-corrected chi connectivity index (χ3v) is 5.94. The van der Waals surface area contributed by atoms with Crippen molar-refractivity contribution < 1.29 is 14.7 Å². The number of fused-ring (bicyclic) bond motifs is 2. The summed E-state index contributed by atoms with van der Waals surface area (Å²) >= 11 is 12.4. The predicted molar refractivity (Wildman–Crippen MR) is 102 cm³/mol. The number of halogens is 2. The number of hydrogen-bond acceptors (Lipinski definition) is 3. The Balaban J connectivity index is 1.51. The maximum atomic E-state index is 12.8. The van der Waals surface area contributed by atoms with Gasteiger partial charge in [0.05, 0.1) is 18.4 Å². The van der Waals surface area contributed by atoms with Crippen LogP contribution in [-0.4, -0.2) is 26.8 Å². The largest absolute Gasteiger partial charge is 0.481 e. The van der Waals surface area contributed by atoms with Crippen molar-refractivity contribution in [3.8, 4) is 0 Å². The van der Waals surface area contributed by atoms with Crippen LogP contribution in [0.3, 0.4) is 0 Å². The number of anilines is 1. The molecule has 2 aliphatic carbocycles. The zero-order valence-corrected chi connectivity index (χ0v) is 15.7. The van der Waals surface area contributed by atoms with E-state index in [1.807, 2.05) is 30.4 Å². The van der Waals surface area contributed by atoms with E-state index < -0.39 is 17.8 Å². The highest BCUT2D eigenvalue weighted by molar-refractivity contribution is 6.33. The Kier molecular flexibility index (Phi) is 4.70. The molecule has 0 aliphatic heterocycles. The molecule has 1 heterocycles. The van der Waals surface area contributed by atoms with Gasteiger partial charge in [-0.05, 0) is 29.9 Å². The molecule has 2 aromatic rings. The van der Waals surface area contributed by atoms with Crippen LogP contribution in [0.5, 0.6) is 0 Å². The van der Waals surface area contributed by atoms with Crippen molar-refractivity contribution in [1.29, 1.82) is 0 Å². The summed E-state index contributed by atoms with van der Waals surface area (Å²) in [6.07, 6.45) is 6.14. The molecule has 2 bridgehead atoms. The number of rotatable bonds is 5. The minimum absolute atomic E-state index is 0.0555. The topological polar surface area (TPSA) is 84.2 Å². The van der Waals surface area contributed by atoms with E-state index in [1.54, 1.807) is 16.9 Å². The summed E-state index contributed by atoms with van der Waals surface area (Å²) in [5, 5.41) is 17.4. The first-order valence-corrected chi connectivity index (χ1v) is 9.38. The molecule has 2 N–H and O–H groups in total. The molecular formula is C19H17Cl2N3O3. The number of carbonyl (C=O) groups excluding carboxylic acids is 1. The van der Waals surface area contributed by atoms with Gasteiger partial charge in [-0.1, -0.05) is 53.6 Å². The molecule has 1 fully saturated rings. The summed E-state index contributed by atoms with van der Waals surface area (Å²) in [6, 6.07) is 7.40. The van der Waals surface area contributed by atoms with Gasteiger partial charge in [0.25, 0.3) is 0 Å². The standard InChI is InChI=1S/C19H17Cl2N3O3/c20-13-4-2-1-3-12(13)8-24-9-14(21)17(23-24)22-18(25)15-10-5-6-11(7-10)16(15)19(26)27/h1-6,9-11,15-16H,7-8H2,(H,26,27)(H,22,23,25)/t10-,11+,15-,16+/m0/s1. The summed E-state index contributed by atoms with van der Waals surface area (Å²) in [6.45, 7) is 0.407. The average Bonchev–Trinajstić information content (AvgIpc) is 3.32. The third kappa shape index (κ3) is 3.35. The summed E-state index contributed by atoms with van der Waals surface area (Å²) in [7, 11) is 0. The fourth-order valence-corrected chi connectivity index (χ4v) is 4.47. The van der Waals surface area contributed by atoms with E-state index in [4.69, 9.17) is 23.2 Å². The number of carbonyl (C=O) groups is 2. The van der Waals surface area contributed by atoms with E-state index in [0.717, 1.165) is 5.56 Å². The number of benzene rings is 1. The highest BCUT2D eigenvalue weighted by Gasteiger charge is 2.51. The number of aliphatic carboxylic acids is 1. The zero-order chi connectivity index (χ0) is 19.1. The quantitative estimate of drug-likeness (QED) is 0.742. The van der Waals surface area contributed by atoms with Gasteiger partial charge in [-0.15, -0.1) is 0 Å². The number of nitrogens with one attached hydrogen (secondary N) is 1. The minimum Gasteiger partial charge on any atom is -0.481 e. The molecule has 140 valence electrons. The second kappa shape index (κ2) is 7.02. The van der Waals surface area contributed by atoms with Crippen LogP contribution in [-0.2, 0) is 16.1 Å². The second-order valence-electron chi connectivity index (χ2n) is 6.94. The average molecular weight is 406 g/mol. The normalized spacial score (nSPS) is 25.7. The molecule has 0 saturated heterocycles. The number of allylic oxidation sites excluding steroid dienone is 2. The van der Waals surface area contributed by atoms with Gasteiger partial charge in [0.1, 0.15) is 5.02 Å². The molecule has 2 aliphatic rings. The lowest BCUT2D eigenvalue weighted by Crippen LogP contribution is -2.36. The zero-order valence-electron chi connectivity index (χ0n) is 14.2. The SMILES string of the molecule is O=C(Nc1nn(Cc2ccccc2Cl)cc1Cl)[C@@H]1[C@H](C(=O)O)[C@@H]2C=C[C@H]1C2. The van der Waals surface area contributed by atoms with Crippen LogP contribution < -0.4 is 5.32 Å². The van der Waals surface area contributed by atoms with Crippen LogP contribution in [0.4, 0.5) is 5.82 Å². The Morgan fingerprint density at radius 2 is 1.85 bits per heavy atom. The van der Waals surface area contributed by atoms with Crippen molar-refractivity contribution in [2.24, 2.45) is 23.7 Å². The fraction of sp³-hybridized carbons (Fsp3) is 0.316. The number of amides is 1. The van der Waals surface area contributed by atoms with Gasteiger partial charge in [-0.2, -0.15) is 5.10 Å². The van der Waals surface area contributed by atoms with Crippen molar-refractivity contribution in [1.82, 2.24) is 9.78 Å². The summed E-state index contributed by atoms with van der Waals surface area (Å²) in [5.41, 5.74) is 0.875. The van der Waals surface area contributed by atoms with E-state index in [2.05, 4.69) is 10.4 Å². The van der Waals surface area contributed by atoms with E-state index in [1.165, 1.54) is 0 Å². The lowest BCUT2D eigenvalue weighted by atomic mass is 9.82. The Labute approximate surface area is 165 Å². The number of aromatic nitrogens is 2. The van der Waals surface area contributed by atoms with Crippen LogP contribution in [0, 0.1) is 23.7 Å². The molecule has 4 rings (SSSR count). The van der Waals surface area contributed by atoms with Crippen molar-refractivity contribution in [3.05, 3.63) is 58.2 Å². The summed E-state index contributed by atoms with van der Waals surface area (Å²) in [5.74, 6) is -2.53. The maximum Gasteiger partial charge on any atom is 0.307 e. The highest BCUT2D eigenvalue weighted by atomic mass is 35.5. The molecule has 1 aromatic heterocycles. The molecule has 0 spiro atoms. The van der Waals surface area contributed by atoms with Gasteiger partial charge in [0.2, 0.25) is 5.91 Å². The molecule has 0 radical (unpaired) electrons. The Morgan fingerprint density at radius 1 is 1.15 bits per heavy atom. The Bertz CT molecular complexity index is 940. The Hall–Kier alpha value is -2.31. The molecule has 4 atom stereocenters. The minimum atomic E-state index is -0.942. The fourth-order valence-electron chi connectivity index (χ4n) is 4.08. The molecule has 6 nitrogen and oxygen atoms in total. The van der Waals surface area contributed by atoms with Crippen LogP contribution in [0.1, 0.15) is 12.0 Å². The van der Waals surface area contributed by atoms with Crippen LogP contribution >= 0.6 is 23.2 Å². The van der Waals surface area contributed by atoms with Gasteiger partial charge in [0.15, 0.2) is 5.82 Å². The maximum absolute atomic E-state index is 12.8. The first-order valence-electron chi connectivity index (χ1n) is 8.62. The van der Waals surface area contributed by atoms with Gasteiger partial charge in [-0.25, -0.2) is 0 Å². The van der Waals surface area contributed by atoms with E-state index >= 15 is 0 Å². The van der Waals surface area contributed by atoms with Gasteiger partial charge in [-0.3, -0.25) is 14.3 Å². The lowest BCUT2D eigenvalue weighted by molar-refractivity contribution is -0.146. The number of carboxylic acids is 1. The smallest absolute Gasteiger partial charge is 0.307 e. The Morgan fingerprint density at radius 3 is 2.56 bits per heavy atom. The second-order valence-corrected chi connectivity index (χ2v) is 7.76. The number of hydrogen-bond donors (Lipinski definition) is 2. The molecule has 27 heavy (non-hydrogen) atoms. The van der Waals surface area contributed by atoms with Gasteiger partial charge in [0, 0.05) is 11.2 Å². The van der Waals surface area contributed by atoms with E-state index in [0.29, 0.717) is 23.0 Å². The molecule has 1 aromatic carbocycles. The van der Waals surface area contributed by atoms with E-state index in [9.17, 15) is 14.7 Å². The molecule has 8 heteroatoms. The first kappa shape index (κ1) is 18.1. The summed E-state index contributed by atoms with van der Waals surface area (Å²) < 4.78 is 1.59.